The highest BCUT2D eigenvalue weighted by Gasteiger charge is 2.31. The summed E-state index contributed by atoms with van der Waals surface area (Å²) >= 11 is 3.41. The number of ether oxygens (including phenoxy) is 1. The Morgan fingerprint density at radius 1 is 1.38 bits per heavy atom. The van der Waals surface area contributed by atoms with Gasteiger partial charge in [0.15, 0.2) is 6.10 Å². The molecule has 2 rings (SSSR count). The molecule has 0 radical (unpaired) electrons. The quantitative estimate of drug-likeness (QED) is 0.896. The van der Waals surface area contributed by atoms with Gasteiger partial charge in [0.25, 0.3) is 5.91 Å². The summed E-state index contributed by atoms with van der Waals surface area (Å²) in [5.41, 5.74) is 0. The number of nitrogens with one attached hydrogen (secondary N) is 1. The second kappa shape index (κ2) is 6.93. The number of rotatable bonds is 4. The van der Waals surface area contributed by atoms with Gasteiger partial charge in [0.2, 0.25) is 5.91 Å². The van der Waals surface area contributed by atoms with Crippen LogP contribution in [0.1, 0.15) is 13.8 Å². The summed E-state index contributed by atoms with van der Waals surface area (Å²) in [6.45, 7) is 4.98. The zero-order chi connectivity index (χ0) is 15.4. The summed E-state index contributed by atoms with van der Waals surface area (Å²) < 4.78 is 6.69. The van der Waals surface area contributed by atoms with Crippen LogP contribution in [0.25, 0.3) is 0 Å². The van der Waals surface area contributed by atoms with Gasteiger partial charge in [-0.2, -0.15) is 0 Å². The molecule has 1 N–H and O–H groups in total. The van der Waals surface area contributed by atoms with Crippen molar-refractivity contribution < 1.29 is 14.3 Å². The molecule has 1 aliphatic rings. The Bertz CT molecular complexity index is 533. The van der Waals surface area contributed by atoms with E-state index >= 15 is 0 Å². The largest absolute Gasteiger partial charge is 0.479 e. The van der Waals surface area contributed by atoms with E-state index in [0.717, 1.165) is 4.47 Å². The minimum absolute atomic E-state index is 0.00888. The average Bonchev–Trinajstić information content (AvgIpc) is 2.45. The standard InChI is InChI=1S/C15H19BrN2O3/c1-10(2)14(21-12-6-4-3-5-11(12)16)15(20)18-8-7-17-13(19)9-18/h3-6,10,14H,7-9H2,1-2H3,(H,17,19). The molecule has 6 heteroatoms. The SMILES string of the molecule is CC(C)C(Oc1ccccc1Br)C(=O)N1CCNC(=O)C1. The molecule has 1 fully saturated rings. The van der Waals surface area contributed by atoms with Crippen LogP contribution in [0.2, 0.25) is 0 Å². The van der Waals surface area contributed by atoms with Crippen LogP contribution < -0.4 is 10.1 Å². The zero-order valence-corrected chi connectivity index (χ0v) is 13.7. The van der Waals surface area contributed by atoms with Gasteiger partial charge in [-0.1, -0.05) is 26.0 Å². The van der Waals surface area contributed by atoms with Crippen LogP contribution in [0.3, 0.4) is 0 Å². The average molecular weight is 355 g/mol. The molecule has 1 saturated heterocycles. The minimum Gasteiger partial charge on any atom is -0.479 e. The van der Waals surface area contributed by atoms with Crippen molar-refractivity contribution >= 4 is 27.7 Å². The summed E-state index contributed by atoms with van der Waals surface area (Å²) in [6.07, 6.45) is -0.602. The van der Waals surface area contributed by atoms with Gasteiger partial charge in [0.05, 0.1) is 11.0 Å². The molecule has 0 bridgehead atoms. The monoisotopic (exact) mass is 354 g/mol. The van der Waals surface area contributed by atoms with Crippen LogP contribution in [0, 0.1) is 5.92 Å². The first-order chi connectivity index (χ1) is 9.99. The topological polar surface area (TPSA) is 58.6 Å². The first-order valence-electron chi connectivity index (χ1n) is 6.95. The number of carbonyl (C=O) groups excluding carboxylic acids is 2. The third-order valence-electron chi connectivity index (χ3n) is 3.29. The number of para-hydroxylation sites is 1. The third-order valence-corrected chi connectivity index (χ3v) is 3.94. The molecule has 0 spiro atoms. The van der Waals surface area contributed by atoms with Gasteiger partial charge in [0.1, 0.15) is 5.75 Å². The Morgan fingerprint density at radius 2 is 2.10 bits per heavy atom. The lowest BCUT2D eigenvalue weighted by molar-refractivity contribution is -0.145. The molecular formula is C15H19BrN2O3. The van der Waals surface area contributed by atoms with Crippen LogP contribution in [0.4, 0.5) is 0 Å². The number of amides is 2. The Balaban J connectivity index is 2.13. The van der Waals surface area contributed by atoms with E-state index in [2.05, 4.69) is 21.2 Å². The Morgan fingerprint density at radius 3 is 2.71 bits per heavy atom. The van der Waals surface area contributed by atoms with Gasteiger partial charge in [-0.25, -0.2) is 0 Å². The fourth-order valence-electron chi connectivity index (χ4n) is 2.16. The molecule has 1 unspecified atom stereocenters. The maximum absolute atomic E-state index is 12.6. The summed E-state index contributed by atoms with van der Waals surface area (Å²) in [4.78, 5) is 25.6. The first-order valence-corrected chi connectivity index (χ1v) is 7.75. The van der Waals surface area contributed by atoms with Crippen LogP contribution in [-0.2, 0) is 9.59 Å². The lowest BCUT2D eigenvalue weighted by atomic mass is 10.1. The van der Waals surface area contributed by atoms with Crippen LogP contribution in [0.5, 0.6) is 5.75 Å². The highest BCUT2D eigenvalue weighted by molar-refractivity contribution is 9.10. The summed E-state index contributed by atoms with van der Waals surface area (Å²) in [7, 11) is 0. The first kappa shape index (κ1) is 15.8. The van der Waals surface area contributed by atoms with E-state index in [1.807, 2.05) is 38.1 Å². The minimum atomic E-state index is -0.602. The van der Waals surface area contributed by atoms with E-state index in [9.17, 15) is 9.59 Å². The molecule has 114 valence electrons. The van der Waals surface area contributed by atoms with Gasteiger partial charge >= 0.3 is 0 Å². The summed E-state index contributed by atoms with van der Waals surface area (Å²) in [5.74, 6) is 0.370. The molecule has 1 heterocycles. The number of hydrogen-bond acceptors (Lipinski definition) is 3. The van der Waals surface area contributed by atoms with Crippen LogP contribution in [-0.4, -0.2) is 42.5 Å². The normalized spacial score (nSPS) is 16.6. The highest BCUT2D eigenvalue weighted by Crippen LogP contribution is 2.26. The van der Waals surface area contributed by atoms with Crippen molar-refractivity contribution in [3.05, 3.63) is 28.7 Å². The number of hydrogen-bond donors (Lipinski definition) is 1. The van der Waals surface area contributed by atoms with Gasteiger partial charge in [-0.05, 0) is 34.0 Å². The lowest BCUT2D eigenvalue weighted by Gasteiger charge is -2.31. The van der Waals surface area contributed by atoms with Crippen LogP contribution in [0.15, 0.2) is 28.7 Å². The van der Waals surface area contributed by atoms with E-state index in [0.29, 0.717) is 18.8 Å². The van der Waals surface area contributed by atoms with Gasteiger partial charge in [-0.3, -0.25) is 9.59 Å². The molecular weight excluding hydrogens is 336 g/mol. The van der Waals surface area contributed by atoms with Gasteiger partial charge in [-0.15, -0.1) is 0 Å². The van der Waals surface area contributed by atoms with E-state index in [4.69, 9.17) is 4.74 Å². The zero-order valence-electron chi connectivity index (χ0n) is 12.1. The van der Waals surface area contributed by atoms with Crippen molar-refractivity contribution in [2.45, 2.75) is 20.0 Å². The maximum Gasteiger partial charge on any atom is 0.264 e. The van der Waals surface area contributed by atoms with Crippen LogP contribution >= 0.6 is 15.9 Å². The van der Waals surface area contributed by atoms with Crippen molar-refractivity contribution in [3.63, 3.8) is 0 Å². The molecule has 2 amide bonds. The van der Waals surface area contributed by atoms with E-state index in [1.54, 1.807) is 4.90 Å². The predicted molar refractivity (Wildman–Crippen MR) is 83.0 cm³/mol. The Kier molecular flexibility index (Phi) is 5.22. The van der Waals surface area contributed by atoms with E-state index in [1.165, 1.54) is 0 Å². The molecule has 0 aliphatic carbocycles. The molecule has 21 heavy (non-hydrogen) atoms. The number of benzene rings is 1. The van der Waals surface area contributed by atoms with E-state index in [-0.39, 0.29) is 24.3 Å². The molecule has 1 aromatic rings. The summed E-state index contributed by atoms with van der Waals surface area (Å²) in [5, 5.41) is 2.71. The third kappa shape index (κ3) is 3.97. The number of halogens is 1. The number of carbonyl (C=O) groups is 2. The Hall–Kier alpha value is -1.56. The summed E-state index contributed by atoms with van der Waals surface area (Å²) in [6, 6.07) is 7.43. The molecule has 1 aliphatic heterocycles. The second-order valence-corrected chi connectivity index (χ2v) is 6.18. The maximum atomic E-state index is 12.6. The van der Waals surface area contributed by atoms with Crippen molar-refractivity contribution in [1.29, 1.82) is 0 Å². The molecule has 0 saturated carbocycles. The molecule has 5 nitrogen and oxygen atoms in total. The van der Waals surface area contributed by atoms with E-state index < -0.39 is 6.10 Å². The molecule has 1 aromatic carbocycles. The molecule has 1 atom stereocenters. The number of nitrogens with zero attached hydrogens (tertiary/aromatic N) is 1. The van der Waals surface area contributed by atoms with Crippen molar-refractivity contribution in [2.75, 3.05) is 19.6 Å². The Labute approximate surface area is 132 Å². The fraction of sp³-hybridized carbons (Fsp3) is 0.467. The molecule has 0 aromatic heterocycles. The van der Waals surface area contributed by atoms with Crippen molar-refractivity contribution in [1.82, 2.24) is 10.2 Å². The lowest BCUT2D eigenvalue weighted by Crippen LogP contribution is -2.54. The van der Waals surface area contributed by atoms with Crippen molar-refractivity contribution in [2.24, 2.45) is 5.92 Å². The van der Waals surface area contributed by atoms with Crippen molar-refractivity contribution in [3.8, 4) is 5.75 Å². The predicted octanol–water partition coefficient (Wildman–Crippen LogP) is 1.81. The number of piperazine rings is 1. The highest BCUT2D eigenvalue weighted by atomic mass is 79.9. The van der Waals surface area contributed by atoms with Gasteiger partial charge in [0, 0.05) is 13.1 Å². The van der Waals surface area contributed by atoms with Gasteiger partial charge < -0.3 is 15.0 Å². The fourth-order valence-corrected chi connectivity index (χ4v) is 2.53. The smallest absolute Gasteiger partial charge is 0.264 e. The second-order valence-electron chi connectivity index (χ2n) is 5.32.